The molecule has 0 aliphatic carbocycles. The molecule has 138 valence electrons. The Morgan fingerprint density at radius 2 is 1.81 bits per heavy atom. The van der Waals surface area contributed by atoms with Crippen molar-refractivity contribution in [1.82, 2.24) is 4.90 Å². The fraction of sp³-hybridized carbons (Fsp3) is 0.350. The molecule has 6 heteroatoms. The number of thioether (sulfide) groups is 1. The Morgan fingerprint density at radius 1 is 1.12 bits per heavy atom. The predicted molar refractivity (Wildman–Crippen MR) is 102 cm³/mol. The highest BCUT2D eigenvalue weighted by Gasteiger charge is 2.25. The Labute approximate surface area is 157 Å². The third kappa shape index (κ3) is 4.12. The van der Waals surface area contributed by atoms with Gasteiger partial charge in [0.15, 0.2) is 0 Å². The summed E-state index contributed by atoms with van der Waals surface area (Å²) in [6, 6.07) is 12.1. The Morgan fingerprint density at radius 3 is 2.46 bits per heavy atom. The number of benzene rings is 2. The van der Waals surface area contributed by atoms with Crippen LogP contribution in [0.1, 0.15) is 27.6 Å². The van der Waals surface area contributed by atoms with Gasteiger partial charge in [0.25, 0.3) is 5.91 Å². The lowest BCUT2D eigenvalue weighted by Gasteiger charge is -2.21. The first-order chi connectivity index (χ1) is 12.6. The van der Waals surface area contributed by atoms with Gasteiger partial charge in [-0.15, -0.1) is 0 Å². The highest BCUT2D eigenvalue weighted by Crippen LogP contribution is 2.36. The number of hydrogen-bond donors (Lipinski definition) is 0. The summed E-state index contributed by atoms with van der Waals surface area (Å²) < 4.78 is 24.6. The minimum atomic E-state index is -0.178. The van der Waals surface area contributed by atoms with Gasteiger partial charge < -0.3 is 14.4 Å². The number of rotatable bonds is 4. The molecule has 0 bridgehead atoms. The van der Waals surface area contributed by atoms with E-state index in [4.69, 9.17) is 9.47 Å². The smallest absolute Gasteiger partial charge is 0.254 e. The van der Waals surface area contributed by atoms with Crippen LogP contribution in [0.5, 0.6) is 11.5 Å². The summed E-state index contributed by atoms with van der Waals surface area (Å²) in [5.41, 5.74) is 1.25. The van der Waals surface area contributed by atoms with Crippen molar-refractivity contribution < 1.29 is 18.7 Å². The number of carbonyl (C=O) groups is 1. The third-order valence-corrected chi connectivity index (χ3v) is 5.79. The molecule has 1 aliphatic rings. The highest BCUT2D eigenvalue weighted by molar-refractivity contribution is 7.99. The molecule has 3 rings (SSSR count). The molecule has 1 saturated heterocycles. The van der Waals surface area contributed by atoms with Crippen molar-refractivity contribution >= 4 is 17.7 Å². The molecule has 1 atom stereocenters. The molecule has 0 N–H and O–H groups in total. The molecule has 1 unspecified atom stereocenters. The van der Waals surface area contributed by atoms with Crippen molar-refractivity contribution in [2.45, 2.75) is 11.7 Å². The van der Waals surface area contributed by atoms with E-state index in [1.54, 1.807) is 50.2 Å². The first-order valence-electron chi connectivity index (χ1n) is 8.50. The lowest BCUT2D eigenvalue weighted by Crippen LogP contribution is -2.33. The Hall–Kier alpha value is -2.21. The van der Waals surface area contributed by atoms with Gasteiger partial charge in [-0.25, -0.2) is 4.39 Å². The average Bonchev–Trinajstić information content (AvgIpc) is 2.93. The first kappa shape index (κ1) is 18.6. The van der Waals surface area contributed by atoms with Crippen molar-refractivity contribution in [3.63, 3.8) is 0 Å². The topological polar surface area (TPSA) is 38.8 Å². The third-order valence-electron chi connectivity index (χ3n) is 4.48. The van der Waals surface area contributed by atoms with Crippen LogP contribution in [0.2, 0.25) is 0 Å². The van der Waals surface area contributed by atoms with Gasteiger partial charge in [-0.05, 0) is 24.6 Å². The minimum absolute atomic E-state index is 0.0583. The summed E-state index contributed by atoms with van der Waals surface area (Å²) in [7, 11) is 3.12. The highest BCUT2D eigenvalue weighted by atomic mass is 32.2. The largest absolute Gasteiger partial charge is 0.497 e. The summed E-state index contributed by atoms with van der Waals surface area (Å²) >= 11 is 1.70. The molecule has 1 amide bonds. The number of amides is 1. The van der Waals surface area contributed by atoms with Gasteiger partial charge in [0, 0.05) is 41.3 Å². The van der Waals surface area contributed by atoms with E-state index in [9.17, 15) is 9.18 Å². The van der Waals surface area contributed by atoms with E-state index >= 15 is 0 Å². The van der Waals surface area contributed by atoms with Crippen LogP contribution in [0.25, 0.3) is 0 Å². The van der Waals surface area contributed by atoms with E-state index in [0.29, 0.717) is 30.2 Å². The van der Waals surface area contributed by atoms with Crippen LogP contribution in [0.4, 0.5) is 4.39 Å². The van der Waals surface area contributed by atoms with Gasteiger partial charge in [-0.1, -0.05) is 18.2 Å². The molecular formula is C20H22FNO3S. The molecular weight excluding hydrogens is 353 g/mol. The predicted octanol–water partition coefficient (Wildman–Crippen LogP) is 4.16. The number of methoxy groups -OCH3 is 2. The van der Waals surface area contributed by atoms with Crippen LogP contribution < -0.4 is 9.47 Å². The molecule has 2 aromatic carbocycles. The van der Waals surface area contributed by atoms with E-state index < -0.39 is 0 Å². The molecule has 0 saturated carbocycles. The fourth-order valence-electron chi connectivity index (χ4n) is 3.07. The number of ether oxygens (including phenoxy) is 2. The summed E-state index contributed by atoms with van der Waals surface area (Å²) in [6.07, 6.45) is 0.721. The van der Waals surface area contributed by atoms with E-state index in [0.717, 1.165) is 17.7 Å². The maximum atomic E-state index is 14.1. The summed E-state index contributed by atoms with van der Waals surface area (Å²) in [5.74, 6) is 1.70. The van der Waals surface area contributed by atoms with Crippen molar-refractivity contribution in [3.05, 3.63) is 59.4 Å². The van der Waals surface area contributed by atoms with Gasteiger partial charge >= 0.3 is 0 Å². The molecule has 2 aromatic rings. The second-order valence-corrected chi connectivity index (χ2v) is 7.37. The van der Waals surface area contributed by atoms with Crippen LogP contribution in [-0.2, 0) is 0 Å². The molecule has 1 aliphatic heterocycles. The second-order valence-electron chi connectivity index (χ2n) is 6.06. The molecule has 0 radical (unpaired) electrons. The standard InChI is InChI=1S/C20H22FNO3S/c1-24-15-11-14(12-16(13-15)25-2)20(23)22-8-7-19(26-10-9-22)17-5-3-4-6-18(17)21/h3-6,11-13,19H,7-10H2,1-2H3. The van der Waals surface area contributed by atoms with Gasteiger partial charge in [0.2, 0.25) is 0 Å². The van der Waals surface area contributed by atoms with Crippen LogP contribution in [0, 0.1) is 5.82 Å². The Kier molecular flexibility index (Phi) is 6.04. The zero-order chi connectivity index (χ0) is 18.5. The number of carbonyl (C=O) groups excluding carboxylic acids is 1. The molecule has 26 heavy (non-hydrogen) atoms. The molecule has 0 aromatic heterocycles. The van der Waals surface area contributed by atoms with Crippen LogP contribution in [0.15, 0.2) is 42.5 Å². The average molecular weight is 375 g/mol. The van der Waals surface area contributed by atoms with Crippen LogP contribution in [0.3, 0.4) is 0 Å². The Bertz CT molecular complexity index is 761. The minimum Gasteiger partial charge on any atom is -0.497 e. The van der Waals surface area contributed by atoms with Gasteiger partial charge in [-0.2, -0.15) is 11.8 Å². The summed E-state index contributed by atoms with van der Waals surface area (Å²) in [6.45, 7) is 1.22. The second kappa shape index (κ2) is 8.45. The van der Waals surface area contributed by atoms with Crippen molar-refractivity contribution in [2.24, 2.45) is 0 Å². The molecule has 1 heterocycles. The van der Waals surface area contributed by atoms with E-state index in [1.807, 2.05) is 17.0 Å². The monoisotopic (exact) mass is 375 g/mol. The van der Waals surface area contributed by atoms with Crippen LogP contribution in [-0.4, -0.2) is 43.9 Å². The van der Waals surface area contributed by atoms with E-state index in [1.165, 1.54) is 6.07 Å². The van der Waals surface area contributed by atoms with Crippen molar-refractivity contribution in [1.29, 1.82) is 0 Å². The maximum absolute atomic E-state index is 14.1. The summed E-state index contributed by atoms with van der Waals surface area (Å²) in [4.78, 5) is 14.8. The number of nitrogens with zero attached hydrogens (tertiary/aromatic N) is 1. The van der Waals surface area contributed by atoms with Gasteiger partial charge in [0.05, 0.1) is 14.2 Å². The van der Waals surface area contributed by atoms with Crippen molar-refractivity contribution in [2.75, 3.05) is 33.1 Å². The molecule has 0 spiro atoms. The zero-order valence-corrected chi connectivity index (χ0v) is 15.7. The normalized spacial score (nSPS) is 17.5. The lowest BCUT2D eigenvalue weighted by molar-refractivity contribution is 0.0766. The van der Waals surface area contributed by atoms with Gasteiger partial charge in [0.1, 0.15) is 17.3 Å². The first-order valence-corrected chi connectivity index (χ1v) is 9.55. The fourth-order valence-corrected chi connectivity index (χ4v) is 4.32. The summed E-state index contributed by atoms with van der Waals surface area (Å²) in [5, 5.41) is 0.0637. The maximum Gasteiger partial charge on any atom is 0.254 e. The molecule has 1 fully saturated rings. The number of halogens is 1. The van der Waals surface area contributed by atoms with Gasteiger partial charge in [-0.3, -0.25) is 4.79 Å². The Balaban J connectivity index is 1.75. The molecule has 4 nitrogen and oxygen atoms in total. The van der Waals surface area contributed by atoms with Crippen molar-refractivity contribution in [3.8, 4) is 11.5 Å². The van der Waals surface area contributed by atoms with E-state index in [2.05, 4.69) is 0 Å². The van der Waals surface area contributed by atoms with E-state index in [-0.39, 0.29) is 17.0 Å². The number of hydrogen-bond acceptors (Lipinski definition) is 4. The quantitative estimate of drug-likeness (QED) is 0.804. The SMILES string of the molecule is COc1cc(OC)cc(C(=O)N2CCSC(c3ccccc3F)CC2)c1. The lowest BCUT2D eigenvalue weighted by atomic mass is 10.1. The zero-order valence-electron chi connectivity index (χ0n) is 14.9. The van der Waals surface area contributed by atoms with Crippen LogP contribution >= 0.6 is 11.8 Å².